The van der Waals surface area contributed by atoms with Crippen molar-refractivity contribution in [3.05, 3.63) is 72.1 Å². The van der Waals surface area contributed by atoms with Gasteiger partial charge in [0.05, 0.1) is 18.4 Å². The molecule has 1 aliphatic rings. The summed E-state index contributed by atoms with van der Waals surface area (Å²) in [6, 6.07) is 15.0. The van der Waals surface area contributed by atoms with Crippen LogP contribution < -0.4 is 24.8 Å². The van der Waals surface area contributed by atoms with Gasteiger partial charge in [-0.2, -0.15) is 0 Å². The van der Waals surface area contributed by atoms with Crippen LogP contribution in [0.1, 0.15) is 15.9 Å². The largest absolute Gasteiger partial charge is 0.497 e. The summed E-state index contributed by atoms with van der Waals surface area (Å²) in [6.45, 7) is 0.905. The zero-order valence-electron chi connectivity index (χ0n) is 16.0. The molecule has 0 spiro atoms. The van der Waals surface area contributed by atoms with Gasteiger partial charge in [0.1, 0.15) is 5.75 Å². The van der Waals surface area contributed by atoms with Crippen molar-refractivity contribution in [2.24, 2.45) is 0 Å². The molecule has 0 saturated carbocycles. The number of ether oxygens (including phenoxy) is 3. The van der Waals surface area contributed by atoms with Crippen LogP contribution in [0.3, 0.4) is 0 Å². The average Bonchev–Trinajstić information content (AvgIpc) is 3.22. The van der Waals surface area contributed by atoms with Gasteiger partial charge >= 0.3 is 0 Å². The molecule has 148 valence electrons. The lowest BCUT2D eigenvalue weighted by atomic mass is 10.1. The van der Waals surface area contributed by atoms with Gasteiger partial charge in [-0.25, -0.2) is 0 Å². The number of amides is 1. The highest BCUT2D eigenvalue weighted by Gasteiger charge is 2.15. The Bertz CT molecular complexity index is 1020. The van der Waals surface area contributed by atoms with Crippen molar-refractivity contribution in [2.45, 2.75) is 6.42 Å². The van der Waals surface area contributed by atoms with Crippen molar-refractivity contribution in [3.63, 3.8) is 0 Å². The highest BCUT2D eigenvalue weighted by atomic mass is 16.7. The first-order chi connectivity index (χ1) is 14.2. The highest BCUT2D eigenvalue weighted by molar-refractivity contribution is 6.04. The van der Waals surface area contributed by atoms with Gasteiger partial charge in [-0.3, -0.25) is 9.78 Å². The van der Waals surface area contributed by atoms with Gasteiger partial charge in [-0.1, -0.05) is 12.1 Å². The van der Waals surface area contributed by atoms with Crippen LogP contribution >= 0.6 is 0 Å². The van der Waals surface area contributed by atoms with Gasteiger partial charge < -0.3 is 24.8 Å². The zero-order chi connectivity index (χ0) is 20.1. The first kappa shape index (κ1) is 18.6. The maximum absolute atomic E-state index is 12.6. The smallest absolute Gasteiger partial charge is 0.257 e. The quantitative estimate of drug-likeness (QED) is 0.639. The van der Waals surface area contributed by atoms with E-state index >= 15 is 0 Å². The van der Waals surface area contributed by atoms with E-state index in [1.165, 1.54) is 11.8 Å². The summed E-state index contributed by atoms with van der Waals surface area (Å²) in [5.74, 6) is 1.89. The molecule has 2 aromatic carbocycles. The molecule has 0 radical (unpaired) electrons. The summed E-state index contributed by atoms with van der Waals surface area (Å²) in [7, 11) is 1.66. The third kappa shape index (κ3) is 4.57. The Morgan fingerprint density at radius 2 is 1.97 bits per heavy atom. The zero-order valence-corrected chi connectivity index (χ0v) is 16.0. The van der Waals surface area contributed by atoms with E-state index in [9.17, 15) is 4.79 Å². The molecule has 29 heavy (non-hydrogen) atoms. The van der Waals surface area contributed by atoms with E-state index in [2.05, 4.69) is 21.7 Å². The predicted octanol–water partition coefficient (Wildman–Crippen LogP) is 3.73. The molecule has 1 amide bonds. The van der Waals surface area contributed by atoms with Crippen LogP contribution in [0.15, 0.2) is 60.9 Å². The topological polar surface area (TPSA) is 81.7 Å². The fourth-order valence-electron chi connectivity index (χ4n) is 3.02. The molecule has 7 heteroatoms. The molecule has 4 rings (SSSR count). The van der Waals surface area contributed by atoms with E-state index in [-0.39, 0.29) is 12.7 Å². The van der Waals surface area contributed by atoms with Crippen LogP contribution in [0.2, 0.25) is 0 Å². The summed E-state index contributed by atoms with van der Waals surface area (Å²) in [6.07, 6.45) is 4.06. The Labute approximate surface area is 168 Å². The fraction of sp³-hybridized carbons (Fsp3) is 0.182. The maximum atomic E-state index is 12.6. The summed E-state index contributed by atoms with van der Waals surface area (Å²) in [4.78, 5) is 16.7. The standard InChI is InChI=1S/C22H21N3O4/c1-27-19-4-2-3-15(9-19)7-8-24-18-10-16(12-23-13-18)22(26)25-17-5-6-20-21(11-17)29-14-28-20/h2-6,9-13,24H,7-8,14H2,1H3,(H,25,26). The highest BCUT2D eigenvalue weighted by Crippen LogP contribution is 2.34. The van der Waals surface area contributed by atoms with Gasteiger partial charge in [0.25, 0.3) is 5.91 Å². The van der Waals surface area contributed by atoms with Crippen LogP contribution in [0, 0.1) is 0 Å². The Kier molecular flexibility index (Phi) is 5.47. The molecule has 0 bridgehead atoms. The normalized spacial score (nSPS) is 11.8. The van der Waals surface area contributed by atoms with Crippen molar-refractivity contribution < 1.29 is 19.0 Å². The van der Waals surface area contributed by atoms with E-state index in [1.807, 2.05) is 18.2 Å². The molecule has 2 heterocycles. The van der Waals surface area contributed by atoms with Gasteiger partial charge in [0.15, 0.2) is 11.5 Å². The summed E-state index contributed by atoms with van der Waals surface area (Å²) in [5.41, 5.74) is 3.05. The van der Waals surface area contributed by atoms with E-state index in [0.717, 1.165) is 17.9 Å². The third-order valence-corrected chi connectivity index (χ3v) is 4.51. The van der Waals surface area contributed by atoms with Crippen LogP contribution in [0.4, 0.5) is 11.4 Å². The van der Waals surface area contributed by atoms with Crippen LogP contribution in [0.5, 0.6) is 17.2 Å². The Morgan fingerprint density at radius 1 is 1.07 bits per heavy atom. The Hall–Kier alpha value is -3.74. The van der Waals surface area contributed by atoms with E-state index in [1.54, 1.807) is 37.6 Å². The summed E-state index contributed by atoms with van der Waals surface area (Å²) in [5, 5.41) is 6.16. The van der Waals surface area contributed by atoms with Gasteiger partial charge in [0.2, 0.25) is 6.79 Å². The van der Waals surface area contributed by atoms with Crippen molar-refractivity contribution in [1.82, 2.24) is 4.98 Å². The number of carbonyl (C=O) groups excluding carboxylic acids is 1. The average molecular weight is 391 g/mol. The molecule has 0 atom stereocenters. The number of aromatic nitrogens is 1. The SMILES string of the molecule is COc1cccc(CCNc2cncc(C(=O)Nc3ccc4c(c3)OCO4)c2)c1. The minimum Gasteiger partial charge on any atom is -0.497 e. The lowest BCUT2D eigenvalue weighted by Crippen LogP contribution is -2.13. The summed E-state index contributed by atoms with van der Waals surface area (Å²) < 4.78 is 15.9. The second kappa shape index (κ2) is 8.52. The minimum atomic E-state index is -0.243. The molecule has 0 aliphatic carbocycles. The number of nitrogens with one attached hydrogen (secondary N) is 2. The first-order valence-electron chi connectivity index (χ1n) is 9.24. The number of pyridine rings is 1. The van der Waals surface area contributed by atoms with Crippen molar-refractivity contribution in [2.75, 3.05) is 31.1 Å². The van der Waals surface area contributed by atoms with Crippen molar-refractivity contribution in [1.29, 1.82) is 0 Å². The number of carbonyl (C=O) groups is 1. The van der Waals surface area contributed by atoms with Crippen LogP contribution in [-0.4, -0.2) is 31.3 Å². The first-order valence-corrected chi connectivity index (χ1v) is 9.24. The molecule has 0 saturated heterocycles. The van der Waals surface area contributed by atoms with Crippen LogP contribution in [0.25, 0.3) is 0 Å². The monoisotopic (exact) mass is 391 g/mol. The van der Waals surface area contributed by atoms with Crippen molar-refractivity contribution >= 4 is 17.3 Å². The summed E-state index contributed by atoms with van der Waals surface area (Å²) >= 11 is 0. The predicted molar refractivity (Wildman–Crippen MR) is 110 cm³/mol. The molecular formula is C22H21N3O4. The third-order valence-electron chi connectivity index (χ3n) is 4.51. The molecule has 1 aliphatic heterocycles. The molecule has 0 fully saturated rings. The number of methoxy groups -OCH3 is 1. The number of rotatable bonds is 7. The number of fused-ring (bicyclic) bond motifs is 1. The fourth-order valence-corrected chi connectivity index (χ4v) is 3.02. The Balaban J connectivity index is 1.35. The lowest BCUT2D eigenvalue weighted by molar-refractivity contribution is 0.102. The number of anilines is 2. The second-order valence-electron chi connectivity index (χ2n) is 6.51. The lowest BCUT2D eigenvalue weighted by Gasteiger charge is -2.10. The number of nitrogens with zero attached hydrogens (tertiary/aromatic N) is 1. The van der Waals surface area contributed by atoms with E-state index < -0.39 is 0 Å². The molecular weight excluding hydrogens is 370 g/mol. The van der Waals surface area contributed by atoms with Crippen LogP contribution in [-0.2, 0) is 6.42 Å². The van der Waals surface area contributed by atoms with Gasteiger partial charge in [-0.05, 0) is 42.3 Å². The van der Waals surface area contributed by atoms with Gasteiger partial charge in [-0.15, -0.1) is 0 Å². The number of hydrogen-bond donors (Lipinski definition) is 2. The molecule has 3 aromatic rings. The number of hydrogen-bond acceptors (Lipinski definition) is 6. The Morgan fingerprint density at radius 3 is 2.86 bits per heavy atom. The molecule has 7 nitrogen and oxygen atoms in total. The second-order valence-corrected chi connectivity index (χ2v) is 6.51. The van der Waals surface area contributed by atoms with Crippen molar-refractivity contribution in [3.8, 4) is 17.2 Å². The molecule has 1 aromatic heterocycles. The number of benzene rings is 2. The minimum absolute atomic E-state index is 0.195. The molecule has 0 unspecified atom stereocenters. The van der Waals surface area contributed by atoms with E-state index in [4.69, 9.17) is 14.2 Å². The van der Waals surface area contributed by atoms with E-state index in [0.29, 0.717) is 29.3 Å². The van der Waals surface area contributed by atoms with Gasteiger partial charge in [0, 0.05) is 30.7 Å². The maximum Gasteiger partial charge on any atom is 0.257 e. The molecule has 2 N–H and O–H groups in total.